The molecule has 0 spiro atoms. The average Bonchev–Trinajstić information content (AvgIpc) is 2.29. The molecule has 0 saturated carbocycles. The summed E-state index contributed by atoms with van der Waals surface area (Å²) in [4.78, 5) is 0. The molecule has 1 saturated heterocycles. The second kappa shape index (κ2) is 6.36. The zero-order valence-electron chi connectivity index (χ0n) is 10.6. The number of sulfonamides is 1. The Kier molecular flexibility index (Phi) is 5.70. The van der Waals surface area contributed by atoms with Gasteiger partial charge in [-0.15, -0.1) is 11.6 Å². The molecule has 4 nitrogen and oxygen atoms in total. The number of hydrogen-bond acceptors (Lipinski definition) is 3. The Morgan fingerprint density at radius 2 is 2.12 bits per heavy atom. The Labute approximate surface area is 109 Å². The summed E-state index contributed by atoms with van der Waals surface area (Å²) >= 11 is 5.56. The monoisotopic (exact) mass is 283 g/mol. The van der Waals surface area contributed by atoms with Crippen LogP contribution in [0.5, 0.6) is 0 Å². The summed E-state index contributed by atoms with van der Waals surface area (Å²) < 4.78 is 31.1. The Hall–Kier alpha value is 0.160. The molecule has 17 heavy (non-hydrogen) atoms. The predicted octanol–water partition coefficient (Wildman–Crippen LogP) is 1.84. The van der Waals surface area contributed by atoms with Crippen LogP contribution >= 0.6 is 11.6 Å². The smallest absolute Gasteiger partial charge is 0.214 e. The molecule has 1 rings (SSSR count). The second-order valence-corrected chi connectivity index (χ2v) is 7.27. The minimum Gasteiger partial charge on any atom is -0.377 e. The summed E-state index contributed by atoms with van der Waals surface area (Å²) in [5, 5.41) is 0. The van der Waals surface area contributed by atoms with Gasteiger partial charge in [0.2, 0.25) is 10.0 Å². The molecule has 0 aromatic heterocycles. The highest BCUT2D eigenvalue weighted by Gasteiger charge is 2.35. The lowest BCUT2D eigenvalue weighted by Crippen LogP contribution is -2.50. The standard InChI is InChI=1S/C11H22ClNO3S/c1-11(16-2)6-5-8-13(10-11)17(14,15)9-4-3-7-12/h3-10H2,1-2H3. The maximum Gasteiger partial charge on any atom is 0.214 e. The van der Waals surface area contributed by atoms with Crippen molar-refractivity contribution >= 4 is 21.6 Å². The van der Waals surface area contributed by atoms with E-state index in [9.17, 15) is 8.42 Å². The summed E-state index contributed by atoms with van der Waals surface area (Å²) in [7, 11) is -1.50. The van der Waals surface area contributed by atoms with Crippen molar-refractivity contribution in [2.45, 2.75) is 38.2 Å². The highest BCUT2D eigenvalue weighted by molar-refractivity contribution is 7.89. The molecule has 0 amide bonds. The zero-order valence-corrected chi connectivity index (χ0v) is 12.2. The summed E-state index contributed by atoms with van der Waals surface area (Å²) in [5.41, 5.74) is -0.336. The lowest BCUT2D eigenvalue weighted by molar-refractivity contribution is -0.0319. The van der Waals surface area contributed by atoms with Gasteiger partial charge >= 0.3 is 0 Å². The Morgan fingerprint density at radius 3 is 2.71 bits per heavy atom. The van der Waals surface area contributed by atoms with Crippen molar-refractivity contribution in [3.05, 3.63) is 0 Å². The largest absolute Gasteiger partial charge is 0.377 e. The first-order chi connectivity index (χ1) is 7.93. The molecule has 1 aliphatic rings. The van der Waals surface area contributed by atoms with Crippen molar-refractivity contribution in [2.24, 2.45) is 0 Å². The molecule has 0 aliphatic carbocycles. The third-order valence-electron chi connectivity index (χ3n) is 3.30. The van der Waals surface area contributed by atoms with E-state index in [2.05, 4.69) is 0 Å². The third kappa shape index (κ3) is 4.39. The molecular weight excluding hydrogens is 262 g/mol. The molecule has 6 heteroatoms. The van der Waals surface area contributed by atoms with Crippen molar-refractivity contribution in [3.63, 3.8) is 0 Å². The zero-order chi connectivity index (χ0) is 12.9. The van der Waals surface area contributed by atoms with E-state index < -0.39 is 10.0 Å². The van der Waals surface area contributed by atoms with Gasteiger partial charge in [-0.25, -0.2) is 8.42 Å². The fourth-order valence-electron chi connectivity index (χ4n) is 2.07. The third-order valence-corrected chi connectivity index (χ3v) is 5.47. The topological polar surface area (TPSA) is 46.6 Å². The van der Waals surface area contributed by atoms with Gasteiger partial charge in [0, 0.05) is 26.1 Å². The number of ether oxygens (including phenoxy) is 1. The molecule has 0 radical (unpaired) electrons. The molecule has 1 atom stereocenters. The van der Waals surface area contributed by atoms with Crippen LogP contribution in [0.2, 0.25) is 0 Å². The first-order valence-corrected chi connectivity index (χ1v) is 8.17. The summed E-state index contributed by atoms with van der Waals surface area (Å²) in [5.74, 6) is 0.713. The number of methoxy groups -OCH3 is 1. The van der Waals surface area contributed by atoms with E-state index in [1.807, 2.05) is 6.92 Å². The lowest BCUT2D eigenvalue weighted by atomic mass is 9.96. The first kappa shape index (κ1) is 15.2. The van der Waals surface area contributed by atoms with Gasteiger partial charge in [-0.05, 0) is 32.6 Å². The summed E-state index contributed by atoms with van der Waals surface area (Å²) in [6, 6.07) is 0. The molecule has 0 aromatic rings. The molecular formula is C11H22ClNO3S. The first-order valence-electron chi connectivity index (χ1n) is 6.02. The van der Waals surface area contributed by atoms with Crippen LogP contribution in [0.25, 0.3) is 0 Å². The van der Waals surface area contributed by atoms with Gasteiger partial charge in [0.25, 0.3) is 0 Å². The lowest BCUT2D eigenvalue weighted by Gasteiger charge is -2.38. The Morgan fingerprint density at radius 1 is 1.41 bits per heavy atom. The van der Waals surface area contributed by atoms with Crippen molar-refractivity contribution in [1.29, 1.82) is 0 Å². The van der Waals surface area contributed by atoms with E-state index in [0.717, 1.165) is 19.3 Å². The Balaban J connectivity index is 2.59. The second-order valence-electron chi connectivity index (χ2n) is 4.80. The van der Waals surface area contributed by atoms with Gasteiger partial charge in [-0.1, -0.05) is 0 Å². The summed E-state index contributed by atoms with van der Waals surface area (Å²) in [6.45, 7) is 3.04. The van der Waals surface area contributed by atoms with Crippen molar-refractivity contribution in [2.75, 3.05) is 31.8 Å². The van der Waals surface area contributed by atoms with E-state index in [1.54, 1.807) is 11.4 Å². The Bertz CT molecular complexity index is 334. The summed E-state index contributed by atoms with van der Waals surface area (Å²) in [6.07, 6.45) is 3.15. The van der Waals surface area contributed by atoms with E-state index in [0.29, 0.717) is 25.4 Å². The van der Waals surface area contributed by atoms with Gasteiger partial charge in [0.15, 0.2) is 0 Å². The van der Waals surface area contributed by atoms with Gasteiger partial charge < -0.3 is 4.74 Å². The van der Waals surface area contributed by atoms with Crippen LogP contribution in [0.3, 0.4) is 0 Å². The van der Waals surface area contributed by atoms with Crippen LogP contribution in [0.1, 0.15) is 32.6 Å². The number of unbranched alkanes of at least 4 members (excludes halogenated alkanes) is 1. The van der Waals surface area contributed by atoms with Gasteiger partial charge in [-0.2, -0.15) is 4.31 Å². The van der Waals surface area contributed by atoms with Crippen LogP contribution in [0, 0.1) is 0 Å². The average molecular weight is 284 g/mol. The number of rotatable bonds is 6. The van der Waals surface area contributed by atoms with E-state index in [4.69, 9.17) is 16.3 Å². The SMILES string of the molecule is COC1(C)CCCN(S(=O)(=O)CCCCCl)C1. The minimum absolute atomic E-state index is 0.194. The van der Waals surface area contributed by atoms with Crippen LogP contribution in [0.4, 0.5) is 0 Å². The normalized spacial score (nSPS) is 27.2. The number of piperidine rings is 1. The maximum atomic E-state index is 12.1. The molecule has 1 aliphatic heterocycles. The fourth-order valence-corrected chi connectivity index (χ4v) is 3.97. The van der Waals surface area contributed by atoms with Crippen molar-refractivity contribution < 1.29 is 13.2 Å². The molecule has 0 aromatic carbocycles. The molecule has 1 heterocycles. The maximum absolute atomic E-state index is 12.1. The quantitative estimate of drug-likeness (QED) is 0.552. The highest BCUT2D eigenvalue weighted by Crippen LogP contribution is 2.26. The molecule has 0 N–H and O–H groups in total. The van der Waals surface area contributed by atoms with Crippen LogP contribution in [0.15, 0.2) is 0 Å². The minimum atomic E-state index is -3.14. The molecule has 102 valence electrons. The number of nitrogens with zero attached hydrogens (tertiary/aromatic N) is 1. The fraction of sp³-hybridized carbons (Fsp3) is 1.00. The van der Waals surface area contributed by atoms with Crippen molar-refractivity contribution in [3.8, 4) is 0 Å². The van der Waals surface area contributed by atoms with Crippen LogP contribution in [-0.2, 0) is 14.8 Å². The van der Waals surface area contributed by atoms with Crippen molar-refractivity contribution in [1.82, 2.24) is 4.31 Å². The number of alkyl halides is 1. The highest BCUT2D eigenvalue weighted by atomic mass is 35.5. The molecule has 1 unspecified atom stereocenters. The van der Waals surface area contributed by atoms with Gasteiger partial charge in [0.05, 0.1) is 11.4 Å². The predicted molar refractivity (Wildman–Crippen MR) is 70.0 cm³/mol. The van der Waals surface area contributed by atoms with E-state index in [1.165, 1.54) is 0 Å². The van der Waals surface area contributed by atoms with Gasteiger partial charge in [0.1, 0.15) is 0 Å². The molecule has 1 fully saturated rings. The van der Waals surface area contributed by atoms with Crippen LogP contribution in [-0.4, -0.2) is 50.2 Å². The number of hydrogen-bond donors (Lipinski definition) is 0. The van der Waals surface area contributed by atoms with E-state index in [-0.39, 0.29) is 11.4 Å². The molecule has 0 bridgehead atoms. The van der Waals surface area contributed by atoms with Crippen LogP contribution < -0.4 is 0 Å². The van der Waals surface area contributed by atoms with Gasteiger partial charge in [-0.3, -0.25) is 0 Å². The number of halogens is 1. The van der Waals surface area contributed by atoms with E-state index >= 15 is 0 Å².